The third-order valence-electron chi connectivity index (χ3n) is 2.95. The van der Waals surface area contributed by atoms with Crippen LogP contribution in [0.2, 0.25) is 0 Å². The molecule has 3 heteroatoms. The van der Waals surface area contributed by atoms with Gasteiger partial charge in [-0.15, -0.1) is 0 Å². The van der Waals surface area contributed by atoms with Crippen LogP contribution in [0.5, 0.6) is 11.5 Å². The number of hydrogen-bond donors (Lipinski definition) is 0. The van der Waals surface area contributed by atoms with E-state index in [1.165, 1.54) is 5.56 Å². The largest absolute Gasteiger partial charge is 0.490 e. The molecule has 0 aliphatic rings. The lowest BCUT2D eigenvalue weighted by molar-refractivity contribution is 0.215. The van der Waals surface area contributed by atoms with Crippen LogP contribution in [-0.4, -0.2) is 13.2 Å². The normalized spacial score (nSPS) is 10.6. The molecule has 2 rings (SSSR count). The van der Waals surface area contributed by atoms with Crippen LogP contribution in [0.15, 0.2) is 53.0 Å². The van der Waals surface area contributed by atoms with E-state index in [1.54, 1.807) is 0 Å². The topological polar surface area (TPSA) is 18.5 Å². The average Bonchev–Trinajstić information content (AvgIpc) is 2.44. The van der Waals surface area contributed by atoms with Crippen molar-refractivity contribution < 1.29 is 9.47 Å². The van der Waals surface area contributed by atoms with Gasteiger partial charge in [0.15, 0.2) is 0 Å². The minimum Gasteiger partial charge on any atom is -0.490 e. The summed E-state index contributed by atoms with van der Waals surface area (Å²) >= 11 is 3.42. The molecule has 0 amide bonds. The molecule has 0 fully saturated rings. The van der Waals surface area contributed by atoms with Crippen LogP contribution >= 0.6 is 15.9 Å². The summed E-state index contributed by atoms with van der Waals surface area (Å²) in [5.41, 5.74) is 1.23. The summed E-state index contributed by atoms with van der Waals surface area (Å²) in [5, 5.41) is 0. The number of halogens is 1. The zero-order valence-corrected chi connectivity index (χ0v) is 13.4. The molecule has 0 spiro atoms. The average molecular weight is 335 g/mol. The first-order chi connectivity index (χ1) is 9.66. The summed E-state index contributed by atoms with van der Waals surface area (Å²) in [6.45, 7) is 5.40. The van der Waals surface area contributed by atoms with E-state index in [0.717, 1.165) is 16.0 Å². The maximum Gasteiger partial charge on any atom is 0.122 e. The number of hydrogen-bond acceptors (Lipinski definition) is 2. The molecular weight excluding hydrogens is 316 g/mol. The number of benzene rings is 2. The molecule has 2 aromatic carbocycles. The number of para-hydroxylation sites is 1. The molecule has 0 heterocycles. The Labute approximate surface area is 128 Å². The lowest BCUT2D eigenvalue weighted by Crippen LogP contribution is -2.10. The van der Waals surface area contributed by atoms with Crippen LogP contribution in [0.4, 0.5) is 0 Å². The van der Waals surface area contributed by atoms with Gasteiger partial charge >= 0.3 is 0 Å². The highest BCUT2D eigenvalue weighted by molar-refractivity contribution is 9.10. The molecule has 0 aromatic heterocycles. The fourth-order valence-corrected chi connectivity index (χ4v) is 2.34. The molecule has 0 atom stereocenters. The van der Waals surface area contributed by atoms with Gasteiger partial charge in [-0.3, -0.25) is 0 Å². The van der Waals surface area contributed by atoms with Crippen molar-refractivity contribution in [2.75, 3.05) is 13.2 Å². The van der Waals surface area contributed by atoms with Gasteiger partial charge in [-0.1, -0.05) is 54.0 Å². The van der Waals surface area contributed by atoms with Crippen LogP contribution < -0.4 is 9.47 Å². The number of rotatable bonds is 6. The molecule has 0 aliphatic heterocycles. The Morgan fingerprint density at radius 1 is 0.950 bits per heavy atom. The van der Waals surface area contributed by atoms with E-state index >= 15 is 0 Å². The predicted molar refractivity (Wildman–Crippen MR) is 85.7 cm³/mol. The van der Waals surface area contributed by atoms with Gasteiger partial charge in [-0.25, -0.2) is 0 Å². The minimum atomic E-state index is 0.456. The van der Waals surface area contributed by atoms with E-state index in [-0.39, 0.29) is 0 Å². The lowest BCUT2D eigenvalue weighted by Gasteiger charge is -2.14. The first kappa shape index (κ1) is 14.9. The van der Waals surface area contributed by atoms with Crippen molar-refractivity contribution in [1.82, 2.24) is 0 Å². The summed E-state index contributed by atoms with van der Waals surface area (Å²) in [5.74, 6) is 2.25. The van der Waals surface area contributed by atoms with Gasteiger partial charge in [0, 0.05) is 4.47 Å². The molecule has 0 saturated heterocycles. The van der Waals surface area contributed by atoms with Crippen LogP contribution in [0, 0.1) is 0 Å². The predicted octanol–water partition coefficient (Wildman–Crippen LogP) is 5.03. The van der Waals surface area contributed by atoms with Crippen molar-refractivity contribution in [3.05, 3.63) is 58.6 Å². The first-order valence-corrected chi connectivity index (χ1v) is 7.56. The Morgan fingerprint density at radius 2 is 1.70 bits per heavy atom. The van der Waals surface area contributed by atoms with Crippen molar-refractivity contribution in [1.29, 1.82) is 0 Å². The molecule has 20 heavy (non-hydrogen) atoms. The number of ether oxygens (including phenoxy) is 2. The molecule has 106 valence electrons. The van der Waals surface area contributed by atoms with Crippen LogP contribution in [-0.2, 0) is 0 Å². The van der Waals surface area contributed by atoms with E-state index in [9.17, 15) is 0 Å². The van der Waals surface area contributed by atoms with Gasteiger partial charge in [0.2, 0.25) is 0 Å². The quantitative estimate of drug-likeness (QED) is 0.689. The van der Waals surface area contributed by atoms with Gasteiger partial charge in [-0.2, -0.15) is 0 Å². The highest BCUT2D eigenvalue weighted by Crippen LogP contribution is 2.25. The Hall–Kier alpha value is -1.48. The van der Waals surface area contributed by atoms with Crippen molar-refractivity contribution in [2.24, 2.45) is 0 Å². The summed E-state index contributed by atoms with van der Waals surface area (Å²) < 4.78 is 12.5. The minimum absolute atomic E-state index is 0.456. The second-order valence-corrected chi connectivity index (χ2v) is 5.76. The molecule has 0 unspecified atom stereocenters. The van der Waals surface area contributed by atoms with Gasteiger partial charge in [0.05, 0.1) is 0 Å². The molecule has 0 radical (unpaired) electrons. The molecule has 0 bridgehead atoms. The van der Waals surface area contributed by atoms with Crippen molar-refractivity contribution >= 4 is 15.9 Å². The fraction of sp³-hybridized carbons (Fsp3) is 0.294. The third-order valence-corrected chi connectivity index (χ3v) is 3.44. The lowest BCUT2D eigenvalue weighted by atomic mass is 10.0. The van der Waals surface area contributed by atoms with Gasteiger partial charge in [0.25, 0.3) is 0 Å². The van der Waals surface area contributed by atoms with Crippen LogP contribution in [0.3, 0.4) is 0 Å². The first-order valence-electron chi connectivity index (χ1n) is 6.77. The summed E-state index contributed by atoms with van der Waals surface area (Å²) in [6.07, 6.45) is 0. The smallest absolute Gasteiger partial charge is 0.122 e. The van der Waals surface area contributed by atoms with Crippen molar-refractivity contribution in [3.8, 4) is 11.5 Å². The monoisotopic (exact) mass is 334 g/mol. The standard InChI is InChI=1S/C17H19BrO2/c1-13(2)16-8-3-4-9-17(16)20-11-10-19-15-7-5-6-14(18)12-15/h3-9,12-13H,10-11H2,1-2H3. The summed E-state index contributed by atoms with van der Waals surface area (Å²) in [7, 11) is 0. The Morgan fingerprint density at radius 3 is 2.45 bits per heavy atom. The van der Waals surface area contributed by atoms with Crippen LogP contribution in [0.1, 0.15) is 25.3 Å². The van der Waals surface area contributed by atoms with Crippen LogP contribution in [0.25, 0.3) is 0 Å². The molecule has 0 saturated carbocycles. The second-order valence-electron chi connectivity index (χ2n) is 4.85. The Bertz CT molecular complexity index is 552. The van der Waals surface area contributed by atoms with E-state index in [0.29, 0.717) is 19.1 Å². The van der Waals surface area contributed by atoms with Gasteiger partial charge in [-0.05, 0) is 35.7 Å². The van der Waals surface area contributed by atoms with Gasteiger partial charge < -0.3 is 9.47 Å². The summed E-state index contributed by atoms with van der Waals surface area (Å²) in [6, 6.07) is 16.0. The Balaban J connectivity index is 1.84. The van der Waals surface area contributed by atoms with Crippen molar-refractivity contribution in [2.45, 2.75) is 19.8 Å². The fourth-order valence-electron chi connectivity index (χ4n) is 1.96. The molecule has 0 aliphatic carbocycles. The highest BCUT2D eigenvalue weighted by Gasteiger charge is 2.06. The second kappa shape index (κ2) is 7.34. The SMILES string of the molecule is CC(C)c1ccccc1OCCOc1cccc(Br)c1. The third kappa shape index (κ3) is 4.27. The maximum atomic E-state index is 5.81. The zero-order chi connectivity index (χ0) is 14.4. The highest BCUT2D eigenvalue weighted by atomic mass is 79.9. The Kier molecular flexibility index (Phi) is 5.48. The molecule has 2 aromatic rings. The van der Waals surface area contributed by atoms with E-state index < -0.39 is 0 Å². The van der Waals surface area contributed by atoms with Gasteiger partial charge in [0.1, 0.15) is 24.7 Å². The zero-order valence-electron chi connectivity index (χ0n) is 11.8. The maximum absolute atomic E-state index is 5.81. The molecule has 2 nitrogen and oxygen atoms in total. The molecular formula is C17H19BrO2. The van der Waals surface area contributed by atoms with E-state index in [4.69, 9.17) is 9.47 Å². The summed E-state index contributed by atoms with van der Waals surface area (Å²) in [4.78, 5) is 0. The van der Waals surface area contributed by atoms with E-state index in [1.807, 2.05) is 42.5 Å². The van der Waals surface area contributed by atoms with Crippen molar-refractivity contribution in [3.63, 3.8) is 0 Å². The van der Waals surface area contributed by atoms with E-state index in [2.05, 4.69) is 35.8 Å². The molecule has 0 N–H and O–H groups in total.